The fourth-order valence-corrected chi connectivity index (χ4v) is 11.3. The number of carbonyl (C=O) groups excluding carboxylic acids is 2. The van der Waals surface area contributed by atoms with Gasteiger partial charge in [-0.1, -0.05) is 95.3 Å². The summed E-state index contributed by atoms with van der Waals surface area (Å²) in [4.78, 5) is 32.5. The highest BCUT2D eigenvalue weighted by molar-refractivity contribution is 6.99. The van der Waals surface area contributed by atoms with E-state index in [1.54, 1.807) is 4.90 Å². The van der Waals surface area contributed by atoms with E-state index >= 15 is 0 Å². The number of ketones is 1. The van der Waals surface area contributed by atoms with Crippen molar-refractivity contribution in [3.63, 3.8) is 0 Å². The molecule has 0 N–H and O–H groups in total. The minimum Gasteiger partial charge on any atom is -0.537 e. The molecule has 0 aromatic heterocycles. The Kier molecular flexibility index (Phi) is 8.54. The average molecular weight is 587 g/mol. The van der Waals surface area contributed by atoms with Crippen LogP contribution in [0.25, 0.3) is 4.85 Å². The molecule has 2 aliphatic rings. The second-order valence-electron chi connectivity index (χ2n) is 14.3. The second kappa shape index (κ2) is 11.4. The quantitative estimate of drug-likeness (QED) is 0.268. The maximum Gasteiger partial charge on any atom is 0.416 e. The first-order valence-corrected chi connectivity index (χ1v) is 16.9. The maximum atomic E-state index is 13.7. The highest BCUT2D eigenvalue weighted by atomic mass is 28.4. The highest BCUT2D eigenvalue weighted by Crippen LogP contribution is 2.50. The topological polar surface area (TPSA) is 60.2 Å². The summed E-state index contributed by atoms with van der Waals surface area (Å²) in [6, 6.07) is 20.9. The summed E-state index contributed by atoms with van der Waals surface area (Å²) >= 11 is 0. The molecule has 0 saturated carbocycles. The number of hydrogen-bond donors (Lipinski definition) is 0. The molecule has 42 heavy (non-hydrogen) atoms. The van der Waals surface area contributed by atoms with Crippen LogP contribution in [0.5, 0.6) is 0 Å². The molecule has 0 radical (unpaired) electrons. The van der Waals surface area contributed by atoms with Gasteiger partial charge in [0.2, 0.25) is 0 Å². The van der Waals surface area contributed by atoms with Crippen molar-refractivity contribution in [2.75, 3.05) is 6.54 Å². The number of likely N-dealkylation sites (tertiary alicyclic amines) is 1. The van der Waals surface area contributed by atoms with Gasteiger partial charge in [-0.15, -0.1) is 0 Å². The van der Waals surface area contributed by atoms with Crippen molar-refractivity contribution in [3.05, 3.63) is 83.9 Å². The summed E-state index contributed by atoms with van der Waals surface area (Å²) in [5.41, 5.74) is -2.49. The third-order valence-electron chi connectivity index (χ3n) is 8.88. The molecule has 6 nitrogen and oxygen atoms in total. The molecule has 0 unspecified atom stereocenters. The van der Waals surface area contributed by atoms with Crippen molar-refractivity contribution in [2.45, 2.75) is 97.4 Å². The number of ether oxygens (including phenoxy) is 1. The summed E-state index contributed by atoms with van der Waals surface area (Å²) in [6.45, 7) is 25.0. The fourth-order valence-electron chi connectivity index (χ4n) is 6.67. The minimum atomic E-state index is -2.93. The molecule has 1 aliphatic carbocycles. The zero-order chi connectivity index (χ0) is 31.0. The lowest BCUT2D eigenvalue weighted by Crippen LogP contribution is -2.67. The number of carbonyl (C=O) groups is 2. The molecule has 0 bridgehead atoms. The molecule has 2 atom stereocenters. The molecule has 1 saturated heterocycles. The van der Waals surface area contributed by atoms with Crippen LogP contribution in [0.3, 0.4) is 0 Å². The third kappa shape index (κ3) is 5.79. The molecule has 1 fully saturated rings. The van der Waals surface area contributed by atoms with Crippen LogP contribution in [0.4, 0.5) is 4.79 Å². The lowest BCUT2D eigenvalue weighted by molar-refractivity contribution is -0.128. The standard InChI is InChI=1S/C35H46N2O4Si/c1-32(2,3)40-31(39)37-24-16-23-35(37,36-9)25-28-29(38)21-22-30(34(28,7)8)41-42(33(4,5)6,26-17-12-10-13-18-26)27-19-14-11-15-20-27/h10-15,17-20,22,28H,16,21,23-25H2,1-8H3/t28-,35+/m0/s1. The summed E-state index contributed by atoms with van der Waals surface area (Å²) in [5, 5.41) is 2.09. The monoisotopic (exact) mass is 586 g/mol. The van der Waals surface area contributed by atoms with Crippen LogP contribution in [0.1, 0.15) is 81.1 Å². The van der Waals surface area contributed by atoms with Gasteiger partial charge in [0.25, 0.3) is 0 Å². The van der Waals surface area contributed by atoms with Gasteiger partial charge in [0.15, 0.2) is 0 Å². The smallest absolute Gasteiger partial charge is 0.416 e. The van der Waals surface area contributed by atoms with Gasteiger partial charge in [-0.3, -0.25) is 9.64 Å². The van der Waals surface area contributed by atoms with E-state index in [0.717, 1.165) is 5.76 Å². The lowest BCUT2D eigenvalue weighted by atomic mass is 9.67. The predicted octanol–water partition coefficient (Wildman–Crippen LogP) is 7.10. The zero-order valence-corrected chi connectivity index (χ0v) is 27.5. The van der Waals surface area contributed by atoms with Crippen molar-refractivity contribution in [3.8, 4) is 0 Å². The molecular weight excluding hydrogens is 540 g/mol. The minimum absolute atomic E-state index is 0.0776. The summed E-state index contributed by atoms with van der Waals surface area (Å²) in [6.07, 6.45) is 3.18. The van der Waals surface area contributed by atoms with E-state index in [1.165, 1.54) is 10.4 Å². The Labute approximate surface area is 253 Å². The number of benzene rings is 2. The van der Waals surface area contributed by atoms with E-state index in [1.807, 2.05) is 39.0 Å². The second-order valence-corrected chi connectivity index (χ2v) is 18.5. The molecule has 2 aromatic carbocycles. The van der Waals surface area contributed by atoms with Crippen LogP contribution in [0.2, 0.25) is 5.04 Å². The van der Waals surface area contributed by atoms with Gasteiger partial charge < -0.3 is 9.16 Å². The Balaban J connectivity index is 1.76. The Bertz CT molecular complexity index is 1330. The number of nitrogens with zero attached hydrogens (tertiary/aromatic N) is 2. The molecule has 1 heterocycles. The van der Waals surface area contributed by atoms with E-state index in [-0.39, 0.29) is 23.7 Å². The summed E-state index contributed by atoms with van der Waals surface area (Å²) < 4.78 is 13.1. The highest BCUT2D eigenvalue weighted by Gasteiger charge is 2.59. The van der Waals surface area contributed by atoms with Crippen LogP contribution >= 0.6 is 0 Å². The van der Waals surface area contributed by atoms with E-state index in [4.69, 9.17) is 15.7 Å². The van der Waals surface area contributed by atoms with E-state index < -0.39 is 37.0 Å². The first-order valence-electron chi connectivity index (χ1n) is 15.0. The first-order chi connectivity index (χ1) is 19.6. The number of hydrogen-bond acceptors (Lipinski definition) is 4. The van der Waals surface area contributed by atoms with Crippen molar-refractivity contribution in [2.24, 2.45) is 11.3 Å². The van der Waals surface area contributed by atoms with Gasteiger partial charge in [-0.25, -0.2) is 16.3 Å². The van der Waals surface area contributed by atoms with Crippen LogP contribution in [-0.2, 0) is 14.0 Å². The number of allylic oxidation sites excluding steroid dienone is 2. The van der Waals surface area contributed by atoms with Gasteiger partial charge in [0, 0.05) is 30.7 Å². The Morgan fingerprint density at radius 1 is 1.00 bits per heavy atom. The average Bonchev–Trinajstić information content (AvgIpc) is 3.34. The predicted molar refractivity (Wildman–Crippen MR) is 170 cm³/mol. The van der Waals surface area contributed by atoms with Gasteiger partial charge in [-0.2, -0.15) is 0 Å². The number of Topliss-reactive ketones (excluding diaryl/α,β-unsaturated/α-hetero) is 1. The van der Waals surface area contributed by atoms with Crippen LogP contribution < -0.4 is 10.4 Å². The molecular formula is C35H46N2O4Si. The lowest BCUT2D eigenvalue weighted by Gasteiger charge is -2.48. The SMILES string of the molecule is [C-]#[N+][C@]1(C[C@H]2C(=O)CC=C(O[Si](c3ccccc3)(c3ccccc3)C(C)(C)C)C2(C)C)CCCN1C(=O)OC(C)(C)C. The van der Waals surface area contributed by atoms with Gasteiger partial charge in [0.1, 0.15) is 11.4 Å². The molecule has 0 spiro atoms. The van der Waals surface area contributed by atoms with Crippen molar-refractivity contribution < 1.29 is 18.8 Å². The molecule has 2 aromatic rings. The largest absolute Gasteiger partial charge is 0.537 e. The summed E-state index contributed by atoms with van der Waals surface area (Å²) in [7, 11) is -2.93. The molecule has 7 heteroatoms. The molecule has 224 valence electrons. The van der Waals surface area contributed by atoms with Crippen LogP contribution in [0.15, 0.2) is 72.5 Å². The van der Waals surface area contributed by atoms with Gasteiger partial charge >= 0.3 is 20.1 Å². The Morgan fingerprint density at radius 3 is 2.02 bits per heavy atom. The molecule has 1 amide bonds. The third-order valence-corrected chi connectivity index (χ3v) is 13.8. The van der Waals surface area contributed by atoms with Crippen molar-refractivity contribution in [1.82, 2.24) is 4.90 Å². The molecule has 4 rings (SSSR count). The number of amides is 1. The van der Waals surface area contributed by atoms with Gasteiger partial charge in [-0.05, 0) is 48.7 Å². The van der Waals surface area contributed by atoms with E-state index in [9.17, 15) is 9.59 Å². The van der Waals surface area contributed by atoms with Crippen molar-refractivity contribution >= 4 is 30.6 Å². The normalized spacial score (nSPS) is 22.7. The summed E-state index contributed by atoms with van der Waals surface area (Å²) in [5.74, 6) is 0.380. The number of rotatable bonds is 6. The van der Waals surface area contributed by atoms with E-state index in [0.29, 0.717) is 19.4 Å². The zero-order valence-electron chi connectivity index (χ0n) is 26.5. The van der Waals surface area contributed by atoms with Gasteiger partial charge in [0.05, 0.1) is 12.2 Å². The fraction of sp³-hybridized carbons (Fsp3) is 0.514. The van der Waals surface area contributed by atoms with Crippen molar-refractivity contribution in [1.29, 1.82) is 0 Å². The Morgan fingerprint density at radius 2 is 1.55 bits per heavy atom. The molecule has 1 aliphatic heterocycles. The maximum absolute atomic E-state index is 13.7. The Hall–Kier alpha value is -3.37. The van der Waals surface area contributed by atoms with E-state index in [2.05, 4.69) is 88.0 Å². The van der Waals surface area contributed by atoms with Crippen LogP contribution in [-0.4, -0.2) is 42.9 Å². The first kappa shape index (κ1) is 31.6. The van der Waals surface area contributed by atoms with Crippen LogP contribution in [0, 0.1) is 17.9 Å².